The van der Waals surface area contributed by atoms with Crippen LogP contribution < -0.4 is 10.6 Å². The third-order valence-electron chi connectivity index (χ3n) is 4.99. The molecule has 3 heterocycles. The second-order valence-electron chi connectivity index (χ2n) is 7.00. The zero-order valence-corrected chi connectivity index (χ0v) is 17.8. The van der Waals surface area contributed by atoms with E-state index in [1.165, 1.54) is 17.0 Å². The number of benzene rings is 1. The van der Waals surface area contributed by atoms with E-state index in [0.717, 1.165) is 40.5 Å². The quantitative estimate of drug-likeness (QED) is 0.313. The molecule has 0 aliphatic carbocycles. The number of halogens is 1. The van der Waals surface area contributed by atoms with Crippen molar-refractivity contribution in [3.8, 4) is 0 Å². The Morgan fingerprint density at radius 1 is 1.27 bits per heavy atom. The molecule has 9 heteroatoms. The predicted octanol–water partition coefficient (Wildman–Crippen LogP) is 3.28. The molecule has 3 N–H and O–H groups in total. The summed E-state index contributed by atoms with van der Waals surface area (Å²) in [5.41, 5.74) is 1.95. The van der Waals surface area contributed by atoms with Crippen molar-refractivity contribution >= 4 is 28.2 Å². The van der Waals surface area contributed by atoms with Gasteiger partial charge in [-0.3, -0.25) is 0 Å². The normalized spacial score (nSPS) is 11.9. The van der Waals surface area contributed by atoms with E-state index in [-0.39, 0.29) is 5.82 Å². The van der Waals surface area contributed by atoms with Crippen molar-refractivity contribution in [2.45, 2.75) is 26.4 Å². The van der Waals surface area contributed by atoms with Crippen molar-refractivity contribution in [1.29, 1.82) is 0 Å². The lowest BCUT2D eigenvalue weighted by molar-refractivity contribution is 0.629. The molecular weight excluding hydrogens is 401 g/mol. The van der Waals surface area contributed by atoms with Gasteiger partial charge in [-0.25, -0.2) is 9.38 Å². The van der Waals surface area contributed by atoms with Gasteiger partial charge in [0.2, 0.25) is 0 Å². The standard InChI is InChI=1S/C21H24FN7S/c1-14-27-28-20(29(14)2)13-26-21(25-12-17-4-3-9-30-17)23-8-7-15-11-24-19-10-16(22)5-6-18(15)19/h3-6,9-11,24H,7-8,12-13H2,1-2H3,(H2,23,25,26). The van der Waals surface area contributed by atoms with E-state index < -0.39 is 0 Å². The molecule has 0 spiro atoms. The van der Waals surface area contributed by atoms with Gasteiger partial charge in [-0.2, -0.15) is 0 Å². The number of hydrogen-bond donors (Lipinski definition) is 3. The summed E-state index contributed by atoms with van der Waals surface area (Å²) in [6.45, 7) is 3.75. The summed E-state index contributed by atoms with van der Waals surface area (Å²) in [4.78, 5) is 9.05. The Morgan fingerprint density at radius 3 is 2.93 bits per heavy atom. The molecule has 0 unspecified atom stereocenters. The van der Waals surface area contributed by atoms with E-state index in [9.17, 15) is 4.39 Å². The first-order chi connectivity index (χ1) is 14.6. The van der Waals surface area contributed by atoms with Crippen LogP contribution in [0.1, 0.15) is 22.1 Å². The van der Waals surface area contributed by atoms with Crippen LogP contribution >= 0.6 is 11.3 Å². The maximum Gasteiger partial charge on any atom is 0.192 e. The van der Waals surface area contributed by atoms with E-state index in [4.69, 9.17) is 0 Å². The number of aromatic amines is 1. The lowest BCUT2D eigenvalue weighted by Gasteiger charge is -2.12. The molecular formula is C21H24FN7S. The molecule has 0 saturated carbocycles. The first-order valence-electron chi connectivity index (χ1n) is 9.75. The molecule has 0 aliphatic heterocycles. The maximum atomic E-state index is 13.4. The number of guanidine groups is 1. The Kier molecular flexibility index (Phi) is 6.08. The average molecular weight is 426 g/mol. The smallest absolute Gasteiger partial charge is 0.192 e. The fourth-order valence-corrected chi connectivity index (χ4v) is 3.82. The van der Waals surface area contributed by atoms with Crippen LogP contribution in [-0.4, -0.2) is 32.3 Å². The highest BCUT2D eigenvalue weighted by molar-refractivity contribution is 7.09. The van der Waals surface area contributed by atoms with Gasteiger partial charge in [-0.05, 0) is 48.6 Å². The molecule has 0 bridgehead atoms. The fraction of sp³-hybridized carbons (Fsp3) is 0.286. The van der Waals surface area contributed by atoms with E-state index in [2.05, 4.69) is 42.3 Å². The van der Waals surface area contributed by atoms with Gasteiger partial charge in [0, 0.05) is 35.6 Å². The zero-order chi connectivity index (χ0) is 20.9. The van der Waals surface area contributed by atoms with Gasteiger partial charge in [0.15, 0.2) is 11.8 Å². The van der Waals surface area contributed by atoms with Crippen LogP contribution in [0.2, 0.25) is 0 Å². The van der Waals surface area contributed by atoms with Crippen LogP contribution in [0.5, 0.6) is 0 Å². The van der Waals surface area contributed by atoms with Crippen LogP contribution in [0.4, 0.5) is 4.39 Å². The number of aliphatic imine (C=N–C) groups is 1. The fourth-order valence-electron chi connectivity index (χ4n) is 3.18. The van der Waals surface area contributed by atoms with Crippen molar-refractivity contribution in [2.75, 3.05) is 6.54 Å². The van der Waals surface area contributed by atoms with E-state index in [1.807, 2.05) is 36.9 Å². The minimum absolute atomic E-state index is 0.236. The summed E-state index contributed by atoms with van der Waals surface area (Å²) < 4.78 is 15.3. The Labute approximate surface area is 178 Å². The highest BCUT2D eigenvalue weighted by Gasteiger charge is 2.08. The minimum Gasteiger partial charge on any atom is -0.361 e. The highest BCUT2D eigenvalue weighted by Crippen LogP contribution is 2.19. The Hall–Kier alpha value is -3.20. The third-order valence-corrected chi connectivity index (χ3v) is 5.86. The Bertz CT molecular complexity index is 1140. The largest absolute Gasteiger partial charge is 0.361 e. The number of nitrogens with one attached hydrogen (secondary N) is 3. The van der Waals surface area contributed by atoms with Crippen molar-refractivity contribution < 1.29 is 4.39 Å². The van der Waals surface area contributed by atoms with Gasteiger partial charge < -0.3 is 20.2 Å². The summed E-state index contributed by atoms with van der Waals surface area (Å²) in [7, 11) is 1.94. The summed E-state index contributed by atoms with van der Waals surface area (Å²) in [6.07, 6.45) is 2.72. The molecule has 0 amide bonds. The van der Waals surface area contributed by atoms with Crippen LogP contribution in [0, 0.1) is 12.7 Å². The van der Waals surface area contributed by atoms with Crippen molar-refractivity contribution in [2.24, 2.45) is 12.0 Å². The Balaban J connectivity index is 1.41. The van der Waals surface area contributed by atoms with Gasteiger partial charge in [0.25, 0.3) is 0 Å². The summed E-state index contributed by atoms with van der Waals surface area (Å²) >= 11 is 1.70. The zero-order valence-electron chi connectivity index (χ0n) is 16.9. The monoisotopic (exact) mass is 425 g/mol. The Morgan fingerprint density at radius 2 is 2.17 bits per heavy atom. The van der Waals surface area contributed by atoms with Crippen LogP contribution in [-0.2, 0) is 26.6 Å². The molecule has 0 radical (unpaired) electrons. The lowest BCUT2D eigenvalue weighted by atomic mass is 10.1. The molecule has 30 heavy (non-hydrogen) atoms. The third kappa shape index (κ3) is 4.68. The van der Waals surface area contributed by atoms with Crippen molar-refractivity contribution in [3.63, 3.8) is 0 Å². The first-order valence-corrected chi connectivity index (χ1v) is 10.6. The molecule has 0 aliphatic rings. The van der Waals surface area contributed by atoms with Gasteiger partial charge in [0.1, 0.15) is 18.2 Å². The SMILES string of the molecule is Cc1nnc(CN=C(NCCc2c[nH]c3cc(F)ccc23)NCc2cccs2)n1C. The second-order valence-corrected chi connectivity index (χ2v) is 8.03. The van der Waals surface area contributed by atoms with Gasteiger partial charge in [0.05, 0.1) is 6.54 Å². The molecule has 4 aromatic rings. The number of aryl methyl sites for hydroxylation is 1. The average Bonchev–Trinajstić information content (AvgIpc) is 3.46. The van der Waals surface area contributed by atoms with E-state index in [0.29, 0.717) is 19.6 Å². The van der Waals surface area contributed by atoms with Crippen LogP contribution in [0.15, 0.2) is 46.9 Å². The number of rotatable bonds is 7. The first kappa shape index (κ1) is 20.1. The summed E-state index contributed by atoms with van der Waals surface area (Å²) in [5.74, 6) is 2.15. The van der Waals surface area contributed by atoms with E-state index >= 15 is 0 Å². The molecule has 0 saturated heterocycles. The predicted molar refractivity (Wildman–Crippen MR) is 118 cm³/mol. The molecule has 156 valence electrons. The molecule has 7 nitrogen and oxygen atoms in total. The maximum absolute atomic E-state index is 13.4. The van der Waals surface area contributed by atoms with Gasteiger partial charge in [-0.15, -0.1) is 21.5 Å². The highest BCUT2D eigenvalue weighted by atomic mass is 32.1. The second kappa shape index (κ2) is 9.08. The molecule has 1 aromatic carbocycles. The van der Waals surface area contributed by atoms with E-state index in [1.54, 1.807) is 11.3 Å². The van der Waals surface area contributed by atoms with Gasteiger partial charge >= 0.3 is 0 Å². The van der Waals surface area contributed by atoms with Gasteiger partial charge in [-0.1, -0.05) is 6.07 Å². The number of H-pyrrole nitrogens is 1. The number of nitrogens with zero attached hydrogens (tertiary/aromatic N) is 4. The lowest BCUT2D eigenvalue weighted by Crippen LogP contribution is -2.38. The molecule has 0 fully saturated rings. The molecule has 0 atom stereocenters. The van der Waals surface area contributed by atoms with Crippen molar-refractivity contribution in [3.05, 3.63) is 69.8 Å². The number of aromatic nitrogens is 4. The molecule has 3 aromatic heterocycles. The minimum atomic E-state index is -0.236. The number of hydrogen-bond acceptors (Lipinski definition) is 4. The van der Waals surface area contributed by atoms with Crippen LogP contribution in [0.25, 0.3) is 10.9 Å². The van der Waals surface area contributed by atoms with Crippen LogP contribution in [0.3, 0.4) is 0 Å². The number of fused-ring (bicyclic) bond motifs is 1. The summed E-state index contributed by atoms with van der Waals surface area (Å²) in [6, 6.07) is 8.95. The topological polar surface area (TPSA) is 82.9 Å². The number of thiophene rings is 1. The van der Waals surface area contributed by atoms with Crippen molar-refractivity contribution in [1.82, 2.24) is 30.4 Å². The molecule has 4 rings (SSSR count). The summed E-state index contributed by atoms with van der Waals surface area (Å²) in [5, 5.41) is 18.1.